The van der Waals surface area contributed by atoms with Gasteiger partial charge in [-0.3, -0.25) is 0 Å². The Morgan fingerprint density at radius 1 is 0.895 bits per heavy atom. The Labute approximate surface area is 118 Å². The fourth-order valence-corrected chi connectivity index (χ4v) is 2.21. The first-order chi connectivity index (χ1) is 9.34. The number of anilines is 1. The molecule has 0 aliphatic rings. The van der Waals surface area contributed by atoms with Crippen molar-refractivity contribution in [2.45, 2.75) is 58.3 Å². The van der Waals surface area contributed by atoms with E-state index in [-0.39, 0.29) is 0 Å². The number of unbranched alkanes of at least 4 members (excludes halogenated alkanes) is 6. The molecule has 0 spiro atoms. The molecule has 0 unspecified atom stereocenters. The van der Waals surface area contributed by atoms with Crippen molar-refractivity contribution in [2.24, 2.45) is 0 Å². The smallest absolute Gasteiger partial charge is 0.0507 e. The fourth-order valence-electron chi connectivity index (χ4n) is 2.21. The zero-order chi connectivity index (χ0) is 13.8. The number of benzene rings is 1. The summed E-state index contributed by atoms with van der Waals surface area (Å²) in [5.74, 6) is 0. The van der Waals surface area contributed by atoms with Crippen molar-refractivity contribution in [1.29, 1.82) is 0 Å². The number of nitrogens with two attached hydrogens (primary N) is 1. The van der Waals surface area contributed by atoms with Gasteiger partial charge in [0.25, 0.3) is 0 Å². The van der Waals surface area contributed by atoms with Crippen LogP contribution >= 0.6 is 0 Å². The standard InChI is InChI=1S/C17H29NO/c1-2-3-4-5-6-7-10-14-19-15-13-16-11-8-9-12-17(16)18/h8-9,11-12H,2-7,10,13-15,18H2,1H3. The van der Waals surface area contributed by atoms with Crippen LogP contribution in [0.4, 0.5) is 5.69 Å². The highest BCUT2D eigenvalue weighted by atomic mass is 16.5. The summed E-state index contributed by atoms with van der Waals surface area (Å²) < 4.78 is 5.66. The third kappa shape index (κ3) is 7.89. The summed E-state index contributed by atoms with van der Waals surface area (Å²) in [6.45, 7) is 3.93. The van der Waals surface area contributed by atoms with E-state index in [0.29, 0.717) is 0 Å². The van der Waals surface area contributed by atoms with Crippen molar-refractivity contribution in [3.8, 4) is 0 Å². The second kappa shape index (κ2) is 10.9. The Balaban J connectivity index is 1.90. The normalized spacial score (nSPS) is 10.8. The van der Waals surface area contributed by atoms with Gasteiger partial charge in [-0.1, -0.05) is 63.6 Å². The van der Waals surface area contributed by atoms with Gasteiger partial charge < -0.3 is 10.5 Å². The minimum atomic E-state index is 0.782. The molecule has 108 valence electrons. The Kier molecular flexibility index (Phi) is 9.17. The topological polar surface area (TPSA) is 35.2 Å². The number of hydrogen-bond acceptors (Lipinski definition) is 2. The van der Waals surface area contributed by atoms with Gasteiger partial charge in [-0.2, -0.15) is 0 Å². The molecule has 1 aromatic carbocycles. The summed E-state index contributed by atoms with van der Waals surface area (Å²) in [4.78, 5) is 0. The van der Waals surface area contributed by atoms with Gasteiger partial charge in [-0.25, -0.2) is 0 Å². The predicted octanol–water partition coefficient (Wildman–Crippen LogP) is 4.58. The van der Waals surface area contributed by atoms with E-state index >= 15 is 0 Å². The molecule has 2 heteroatoms. The van der Waals surface area contributed by atoms with Crippen LogP contribution in [0.2, 0.25) is 0 Å². The van der Waals surface area contributed by atoms with E-state index in [2.05, 4.69) is 13.0 Å². The molecule has 0 aliphatic carbocycles. The highest BCUT2D eigenvalue weighted by molar-refractivity contribution is 5.46. The summed E-state index contributed by atoms with van der Waals surface area (Å²) in [6.07, 6.45) is 10.3. The minimum absolute atomic E-state index is 0.782. The number of hydrogen-bond donors (Lipinski definition) is 1. The first kappa shape index (κ1) is 16.0. The number of rotatable bonds is 11. The zero-order valence-electron chi connectivity index (χ0n) is 12.4. The van der Waals surface area contributed by atoms with Crippen molar-refractivity contribution >= 4 is 5.69 Å². The summed E-state index contributed by atoms with van der Waals surface area (Å²) in [5, 5.41) is 0. The molecule has 2 nitrogen and oxygen atoms in total. The average Bonchev–Trinajstić information content (AvgIpc) is 2.43. The van der Waals surface area contributed by atoms with Crippen molar-refractivity contribution in [3.63, 3.8) is 0 Å². The molecule has 0 radical (unpaired) electrons. The SMILES string of the molecule is CCCCCCCCCOCCc1ccccc1N. The fraction of sp³-hybridized carbons (Fsp3) is 0.647. The highest BCUT2D eigenvalue weighted by Gasteiger charge is 1.97. The monoisotopic (exact) mass is 263 g/mol. The molecule has 0 atom stereocenters. The van der Waals surface area contributed by atoms with Crippen molar-refractivity contribution in [1.82, 2.24) is 0 Å². The van der Waals surface area contributed by atoms with Gasteiger partial charge in [0.1, 0.15) is 0 Å². The number of para-hydroxylation sites is 1. The molecule has 0 saturated heterocycles. The summed E-state index contributed by atoms with van der Waals surface area (Å²) >= 11 is 0. The van der Waals surface area contributed by atoms with Gasteiger partial charge in [0.15, 0.2) is 0 Å². The van der Waals surface area contributed by atoms with Crippen LogP contribution in [0.5, 0.6) is 0 Å². The summed E-state index contributed by atoms with van der Waals surface area (Å²) in [7, 11) is 0. The molecule has 1 aromatic rings. The maximum atomic E-state index is 5.89. The third-order valence-electron chi connectivity index (χ3n) is 3.46. The molecule has 1 rings (SSSR count). The molecule has 0 heterocycles. The van der Waals surface area contributed by atoms with Crippen molar-refractivity contribution < 1.29 is 4.74 Å². The Morgan fingerprint density at radius 3 is 2.32 bits per heavy atom. The summed E-state index contributed by atoms with van der Waals surface area (Å²) in [6, 6.07) is 8.03. The van der Waals surface area contributed by atoms with Crippen LogP contribution in [0.25, 0.3) is 0 Å². The van der Waals surface area contributed by atoms with E-state index in [0.717, 1.165) is 25.3 Å². The van der Waals surface area contributed by atoms with E-state index in [1.165, 1.54) is 50.5 Å². The first-order valence-corrected chi connectivity index (χ1v) is 7.75. The van der Waals surface area contributed by atoms with Gasteiger partial charge in [-0.05, 0) is 24.5 Å². The third-order valence-corrected chi connectivity index (χ3v) is 3.46. The van der Waals surface area contributed by atoms with E-state index in [9.17, 15) is 0 Å². The molecular weight excluding hydrogens is 234 g/mol. The average molecular weight is 263 g/mol. The van der Waals surface area contributed by atoms with Gasteiger partial charge in [-0.15, -0.1) is 0 Å². The molecule has 0 bridgehead atoms. The minimum Gasteiger partial charge on any atom is -0.399 e. The largest absolute Gasteiger partial charge is 0.399 e. The molecule has 19 heavy (non-hydrogen) atoms. The number of ether oxygens (including phenoxy) is 1. The summed E-state index contributed by atoms with van der Waals surface area (Å²) in [5.41, 5.74) is 7.96. The predicted molar refractivity (Wildman–Crippen MR) is 83.4 cm³/mol. The van der Waals surface area contributed by atoms with Crippen LogP contribution in [-0.2, 0) is 11.2 Å². The number of nitrogen functional groups attached to an aromatic ring is 1. The molecule has 2 N–H and O–H groups in total. The van der Waals surface area contributed by atoms with E-state index in [1.54, 1.807) is 0 Å². The highest BCUT2D eigenvalue weighted by Crippen LogP contribution is 2.11. The Morgan fingerprint density at radius 2 is 1.58 bits per heavy atom. The second-order valence-electron chi connectivity index (χ2n) is 5.18. The van der Waals surface area contributed by atoms with E-state index in [1.807, 2.05) is 18.2 Å². The van der Waals surface area contributed by atoms with Crippen molar-refractivity contribution in [2.75, 3.05) is 18.9 Å². The van der Waals surface area contributed by atoms with Crippen LogP contribution < -0.4 is 5.73 Å². The molecule has 0 amide bonds. The molecule has 0 saturated carbocycles. The van der Waals surface area contributed by atoms with Crippen LogP contribution in [0.3, 0.4) is 0 Å². The zero-order valence-corrected chi connectivity index (χ0v) is 12.4. The molecular formula is C17H29NO. The van der Waals surface area contributed by atoms with Crippen LogP contribution in [-0.4, -0.2) is 13.2 Å². The van der Waals surface area contributed by atoms with E-state index < -0.39 is 0 Å². The lowest BCUT2D eigenvalue weighted by atomic mass is 10.1. The second-order valence-corrected chi connectivity index (χ2v) is 5.18. The lowest BCUT2D eigenvalue weighted by Gasteiger charge is -2.06. The Bertz CT molecular complexity index is 325. The molecule has 0 aromatic heterocycles. The first-order valence-electron chi connectivity index (χ1n) is 7.75. The van der Waals surface area contributed by atoms with Crippen LogP contribution in [0.1, 0.15) is 57.4 Å². The molecule has 0 aliphatic heterocycles. The Hall–Kier alpha value is -1.02. The maximum absolute atomic E-state index is 5.89. The lowest BCUT2D eigenvalue weighted by Crippen LogP contribution is -2.02. The van der Waals surface area contributed by atoms with Gasteiger partial charge in [0, 0.05) is 12.3 Å². The van der Waals surface area contributed by atoms with Gasteiger partial charge >= 0.3 is 0 Å². The van der Waals surface area contributed by atoms with Gasteiger partial charge in [0.05, 0.1) is 6.61 Å². The quantitative estimate of drug-likeness (QED) is 0.468. The van der Waals surface area contributed by atoms with E-state index in [4.69, 9.17) is 10.5 Å². The maximum Gasteiger partial charge on any atom is 0.0507 e. The van der Waals surface area contributed by atoms with Crippen LogP contribution in [0.15, 0.2) is 24.3 Å². The molecule has 0 fully saturated rings. The van der Waals surface area contributed by atoms with Crippen LogP contribution in [0, 0.1) is 0 Å². The lowest BCUT2D eigenvalue weighted by molar-refractivity contribution is 0.133. The van der Waals surface area contributed by atoms with Crippen molar-refractivity contribution in [3.05, 3.63) is 29.8 Å². The van der Waals surface area contributed by atoms with Gasteiger partial charge in [0.2, 0.25) is 0 Å².